The molecule has 0 aliphatic rings. The van der Waals surface area contributed by atoms with E-state index in [1.54, 1.807) is 13.2 Å². The second-order valence-electron chi connectivity index (χ2n) is 3.94. The summed E-state index contributed by atoms with van der Waals surface area (Å²) >= 11 is 0. The number of oxime groups is 1. The maximum Gasteiger partial charge on any atom is 0.261 e. The highest BCUT2D eigenvalue weighted by atomic mass is 16.5. The Morgan fingerprint density at radius 3 is 2.79 bits per heavy atom. The lowest BCUT2D eigenvalue weighted by atomic mass is 10.2. The van der Waals surface area contributed by atoms with Crippen molar-refractivity contribution >= 4 is 5.84 Å². The number of aryl methyl sites for hydroxylation is 1. The maximum absolute atomic E-state index is 12.1. The molecule has 7 nitrogen and oxygen atoms in total. The van der Waals surface area contributed by atoms with Crippen LogP contribution in [-0.2, 0) is 16.0 Å². The molecule has 0 radical (unpaired) electrons. The van der Waals surface area contributed by atoms with Crippen LogP contribution in [0.2, 0.25) is 0 Å². The summed E-state index contributed by atoms with van der Waals surface area (Å²) in [6, 6.07) is 3.28. The molecule has 7 heteroatoms. The minimum atomic E-state index is -0.300. The molecule has 0 amide bonds. The Morgan fingerprint density at radius 2 is 2.16 bits per heavy atom. The van der Waals surface area contributed by atoms with Crippen LogP contribution in [0.4, 0.5) is 0 Å². The van der Waals surface area contributed by atoms with E-state index in [9.17, 15) is 4.79 Å². The van der Waals surface area contributed by atoms with Crippen molar-refractivity contribution in [1.29, 1.82) is 0 Å². The third-order valence-corrected chi connectivity index (χ3v) is 2.67. The third kappa shape index (κ3) is 4.08. The van der Waals surface area contributed by atoms with Gasteiger partial charge in [0.2, 0.25) is 0 Å². The topological polar surface area (TPSA) is 99.1 Å². The fourth-order valence-electron chi connectivity index (χ4n) is 1.60. The first kappa shape index (κ1) is 15.2. The van der Waals surface area contributed by atoms with E-state index in [0.29, 0.717) is 26.4 Å². The number of nitrogens with zero attached hydrogens (tertiary/aromatic N) is 2. The Morgan fingerprint density at radius 1 is 1.42 bits per heavy atom. The highest BCUT2D eigenvalue weighted by Crippen LogP contribution is 1.99. The number of ether oxygens (including phenoxy) is 2. The van der Waals surface area contributed by atoms with Crippen molar-refractivity contribution < 1.29 is 14.7 Å². The summed E-state index contributed by atoms with van der Waals surface area (Å²) in [4.78, 5) is 12.1. The van der Waals surface area contributed by atoms with Crippen molar-refractivity contribution in [2.24, 2.45) is 10.9 Å². The molecule has 106 valence electrons. The van der Waals surface area contributed by atoms with Crippen LogP contribution in [0.1, 0.15) is 11.3 Å². The molecule has 0 spiro atoms. The molecule has 0 unspecified atom stereocenters. The van der Waals surface area contributed by atoms with E-state index in [1.807, 2.05) is 6.92 Å². The molecule has 0 aliphatic carbocycles. The lowest BCUT2D eigenvalue weighted by Gasteiger charge is -2.11. The quantitative estimate of drug-likeness (QED) is 0.237. The summed E-state index contributed by atoms with van der Waals surface area (Å²) in [6.07, 6.45) is 0. The molecule has 0 fully saturated rings. The molecule has 0 atom stereocenters. The van der Waals surface area contributed by atoms with Gasteiger partial charge in [0, 0.05) is 19.3 Å². The Hall–Kier alpha value is -1.86. The largest absolute Gasteiger partial charge is 0.409 e. The van der Waals surface area contributed by atoms with Crippen LogP contribution < -0.4 is 11.3 Å². The second-order valence-corrected chi connectivity index (χ2v) is 3.94. The average molecular weight is 269 g/mol. The summed E-state index contributed by atoms with van der Waals surface area (Å²) in [7, 11) is 1.60. The zero-order valence-electron chi connectivity index (χ0n) is 11.1. The van der Waals surface area contributed by atoms with Gasteiger partial charge < -0.3 is 25.0 Å². The van der Waals surface area contributed by atoms with Crippen LogP contribution in [0.3, 0.4) is 0 Å². The van der Waals surface area contributed by atoms with E-state index in [0.717, 1.165) is 5.69 Å². The summed E-state index contributed by atoms with van der Waals surface area (Å²) < 4.78 is 11.7. The first-order chi connectivity index (χ1) is 9.11. The van der Waals surface area contributed by atoms with Crippen molar-refractivity contribution in [1.82, 2.24) is 4.57 Å². The van der Waals surface area contributed by atoms with Gasteiger partial charge in [-0.3, -0.25) is 4.79 Å². The molecule has 1 aromatic rings. The van der Waals surface area contributed by atoms with Crippen molar-refractivity contribution in [2.45, 2.75) is 13.5 Å². The predicted molar refractivity (Wildman–Crippen MR) is 70.6 cm³/mol. The maximum atomic E-state index is 12.1. The lowest BCUT2D eigenvalue weighted by molar-refractivity contribution is 0.0661. The molecular weight excluding hydrogens is 250 g/mol. The first-order valence-electron chi connectivity index (χ1n) is 5.86. The Kier molecular flexibility index (Phi) is 6.04. The Balaban J connectivity index is 2.80. The molecule has 19 heavy (non-hydrogen) atoms. The molecule has 1 aromatic heterocycles. The standard InChI is InChI=1S/C12H19N3O4/c1-9-3-4-10(11(13)14-17)12(16)15(9)5-6-19-8-7-18-2/h3-4,17H,5-8H2,1-2H3,(H2,13,14). The van der Waals surface area contributed by atoms with Crippen molar-refractivity contribution in [3.05, 3.63) is 33.7 Å². The normalized spacial score (nSPS) is 11.8. The van der Waals surface area contributed by atoms with Gasteiger partial charge in [-0.25, -0.2) is 0 Å². The molecule has 1 rings (SSSR count). The van der Waals surface area contributed by atoms with Gasteiger partial charge in [-0.15, -0.1) is 0 Å². The van der Waals surface area contributed by atoms with Gasteiger partial charge >= 0.3 is 0 Å². The second kappa shape index (κ2) is 7.55. The third-order valence-electron chi connectivity index (χ3n) is 2.67. The van der Waals surface area contributed by atoms with Crippen LogP contribution in [-0.4, -0.2) is 42.5 Å². The number of rotatable bonds is 7. The van der Waals surface area contributed by atoms with E-state index in [4.69, 9.17) is 20.4 Å². The van der Waals surface area contributed by atoms with E-state index in [2.05, 4.69) is 5.16 Å². The van der Waals surface area contributed by atoms with Crippen molar-refractivity contribution in [2.75, 3.05) is 26.9 Å². The summed E-state index contributed by atoms with van der Waals surface area (Å²) in [5, 5.41) is 11.5. The molecule has 0 saturated heterocycles. The zero-order chi connectivity index (χ0) is 14.3. The fourth-order valence-corrected chi connectivity index (χ4v) is 1.60. The van der Waals surface area contributed by atoms with E-state index in [1.165, 1.54) is 10.6 Å². The molecule has 0 aromatic carbocycles. The van der Waals surface area contributed by atoms with Gasteiger partial charge in [0.05, 0.1) is 25.4 Å². The molecular formula is C12H19N3O4. The molecule has 0 saturated carbocycles. The Labute approximate surface area is 111 Å². The van der Waals surface area contributed by atoms with Gasteiger partial charge in [-0.2, -0.15) is 0 Å². The number of aromatic nitrogens is 1. The highest BCUT2D eigenvalue weighted by molar-refractivity contribution is 5.96. The predicted octanol–water partition coefficient (Wildman–Crippen LogP) is -0.0858. The zero-order valence-corrected chi connectivity index (χ0v) is 11.1. The van der Waals surface area contributed by atoms with Crippen molar-refractivity contribution in [3.8, 4) is 0 Å². The number of nitrogens with two attached hydrogens (primary N) is 1. The molecule has 3 N–H and O–H groups in total. The highest BCUT2D eigenvalue weighted by Gasteiger charge is 2.09. The summed E-state index contributed by atoms with van der Waals surface area (Å²) in [6.45, 7) is 3.60. The Bertz CT molecular complexity index is 496. The average Bonchev–Trinajstić information content (AvgIpc) is 2.41. The number of amidine groups is 1. The van der Waals surface area contributed by atoms with Crippen LogP contribution in [0.25, 0.3) is 0 Å². The van der Waals surface area contributed by atoms with Crippen molar-refractivity contribution in [3.63, 3.8) is 0 Å². The van der Waals surface area contributed by atoms with Gasteiger partial charge in [0.15, 0.2) is 5.84 Å². The first-order valence-corrected chi connectivity index (χ1v) is 5.86. The van der Waals surface area contributed by atoms with E-state index >= 15 is 0 Å². The van der Waals surface area contributed by atoms with Gasteiger partial charge in [0.1, 0.15) is 0 Å². The number of methoxy groups -OCH3 is 1. The number of hydrogen-bond donors (Lipinski definition) is 2. The SMILES string of the molecule is COCCOCCn1c(C)ccc(/C(N)=N/O)c1=O. The molecule has 0 bridgehead atoms. The summed E-state index contributed by atoms with van der Waals surface area (Å²) in [5.41, 5.74) is 6.11. The minimum Gasteiger partial charge on any atom is -0.409 e. The van der Waals surface area contributed by atoms with Crippen LogP contribution >= 0.6 is 0 Å². The molecule has 1 heterocycles. The van der Waals surface area contributed by atoms with Gasteiger partial charge in [-0.05, 0) is 19.1 Å². The smallest absolute Gasteiger partial charge is 0.261 e. The van der Waals surface area contributed by atoms with Gasteiger partial charge in [0.25, 0.3) is 5.56 Å². The van der Waals surface area contributed by atoms with Crippen LogP contribution in [0.15, 0.2) is 22.1 Å². The fraction of sp³-hybridized carbons (Fsp3) is 0.500. The summed E-state index contributed by atoms with van der Waals surface area (Å²) in [5.74, 6) is -0.195. The van der Waals surface area contributed by atoms with E-state index < -0.39 is 0 Å². The monoisotopic (exact) mass is 269 g/mol. The van der Waals surface area contributed by atoms with Crippen LogP contribution in [0, 0.1) is 6.92 Å². The van der Waals surface area contributed by atoms with Gasteiger partial charge in [-0.1, -0.05) is 5.16 Å². The number of hydrogen-bond acceptors (Lipinski definition) is 5. The lowest BCUT2D eigenvalue weighted by Crippen LogP contribution is -2.32. The van der Waals surface area contributed by atoms with E-state index in [-0.39, 0.29) is 17.0 Å². The number of pyridine rings is 1. The minimum absolute atomic E-state index is 0.171. The molecule has 0 aliphatic heterocycles. The van der Waals surface area contributed by atoms with Crippen LogP contribution in [0.5, 0.6) is 0 Å².